The summed E-state index contributed by atoms with van der Waals surface area (Å²) < 4.78 is 0.933. The van der Waals surface area contributed by atoms with Gasteiger partial charge in [-0.2, -0.15) is 0 Å². The second-order valence-corrected chi connectivity index (χ2v) is 5.54. The van der Waals surface area contributed by atoms with Crippen molar-refractivity contribution in [1.29, 1.82) is 0 Å². The summed E-state index contributed by atoms with van der Waals surface area (Å²) in [4.78, 5) is 16.6. The first-order valence-electron chi connectivity index (χ1n) is 6.46. The van der Waals surface area contributed by atoms with Gasteiger partial charge in [-0.3, -0.25) is 4.79 Å². The Morgan fingerprint density at radius 1 is 1.20 bits per heavy atom. The monoisotopic (exact) mass is 328 g/mol. The third-order valence-corrected chi connectivity index (χ3v) is 3.75. The van der Waals surface area contributed by atoms with Crippen molar-refractivity contribution in [2.75, 3.05) is 5.32 Å². The standard InChI is InChI=1S/C16H13BrN2O/c1-2-10-4-3-5-12(8-10)18-15-13-9-11(17)6-7-14(13)19-16(15)20/h3-9H,2H2,1H3,(H,18,19,20). The van der Waals surface area contributed by atoms with Crippen molar-refractivity contribution in [3.8, 4) is 0 Å². The summed E-state index contributed by atoms with van der Waals surface area (Å²) in [5.74, 6) is -0.153. The maximum absolute atomic E-state index is 12.0. The summed E-state index contributed by atoms with van der Waals surface area (Å²) in [5, 5.41) is 2.83. The van der Waals surface area contributed by atoms with Gasteiger partial charge in [-0.15, -0.1) is 0 Å². The highest BCUT2D eigenvalue weighted by Gasteiger charge is 2.25. The molecule has 1 heterocycles. The Bertz CT molecular complexity index is 722. The molecule has 2 aromatic carbocycles. The molecule has 1 N–H and O–H groups in total. The fraction of sp³-hybridized carbons (Fsp3) is 0.125. The van der Waals surface area contributed by atoms with E-state index in [1.807, 2.05) is 36.4 Å². The fourth-order valence-corrected chi connectivity index (χ4v) is 2.57. The SMILES string of the molecule is CCc1cccc(N=C2C(=O)Nc3ccc(Br)cc32)c1. The highest BCUT2D eigenvalue weighted by Crippen LogP contribution is 2.28. The van der Waals surface area contributed by atoms with Crippen molar-refractivity contribution in [3.63, 3.8) is 0 Å². The predicted octanol–water partition coefficient (Wildman–Crippen LogP) is 4.08. The third-order valence-electron chi connectivity index (χ3n) is 3.26. The van der Waals surface area contributed by atoms with Gasteiger partial charge in [-0.25, -0.2) is 4.99 Å². The zero-order valence-corrected chi connectivity index (χ0v) is 12.6. The van der Waals surface area contributed by atoms with Gasteiger partial charge in [0.05, 0.1) is 11.4 Å². The first-order chi connectivity index (χ1) is 9.67. The fourth-order valence-electron chi connectivity index (χ4n) is 2.21. The number of fused-ring (bicyclic) bond motifs is 1. The van der Waals surface area contributed by atoms with Gasteiger partial charge in [-0.05, 0) is 42.3 Å². The van der Waals surface area contributed by atoms with E-state index in [1.165, 1.54) is 5.56 Å². The number of hydrogen-bond donors (Lipinski definition) is 1. The molecule has 2 aromatic rings. The number of benzene rings is 2. The minimum Gasteiger partial charge on any atom is -0.320 e. The van der Waals surface area contributed by atoms with Crippen LogP contribution in [-0.2, 0) is 11.2 Å². The van der Waals surface area contributed by atoms with E-state index in [0.29, 0.717) is 5.71 Å². The van der Waals surface area contributed by atoms with E-state index in [0.717, 1.165) is 27.8 Å². The number of amides is 1. The Morgan fingerprint density at radius 3 is 2.85 bits per heavy atom. The Hall–Kier alpha value is -1.94. The number of rotatable bonds is 2. The summed E-state index contributed by atoms with van der Waals surface area (Å²) in [6, 6.07) is 13.6. The van der Waals surface area contributed by atoms with E-state index in [9.17, 15) is 4.79 Å². The molecule has 0 bridgehead atoms. The van der Waals surface area contributed by atoms with Crippen LogP contribution in [0, 0.1) is 0 Å². The molecule has 0 aromatic heterocycles. The molecule has 0 fully saturated rings. The van der Waals surface area contributed by atoms with E-state index in [4.69, 9.17) is 0 Å². The normalized spacial score (nSPS) is 15.3. The maximum atomic E-state index is 12.0. The molecule has 1 aliphatic rings. The number of aryl methyl sites for hydroxylation is 1. The molecular formula is C16H13BrN2O. The number of anilines is 1. The number of carbonyl (C=O) groups is 1. The van der Waals surface area contributed by atoms with Crippen molar-refractivity contribution in [3.05, 3.63) is 58.1 Å². The molecule has 0 saturated heterocycles. The topological polar surface area (TPSA) is 41.5 Å². The molecule has 0 aliphatic carbocycles. The zero-order valence-electron chi connectivity index (χ0n) is 11.0. The van der Waals surface area contributed by atoms with Gasteiger partial charge in [0, 0.05) is 10.0 Å². The third kappa shape index (κ3) is 2.39. The van der Waals surface area contributed by atoms with Crippen LogP contribution in [0.15, 0.2) is 51.9 Å². The lowest BCUT2D eigenvalue weighted by atomic mass is 10.1. The second-order valence-electron chi connectivity index (χ2n) is 4.63. The van der Waals surface area contributed by atoms with Crippen LogP contribution in [0.25, 0.3) is 0 Å². The first kappa shape index (κ1) is 13.1. The van der Waals surface area contributed by atoms with E-state index < -0.39 is 0 Å². The van der Waals surface area contributed by atoms with Crippen molar-refractivity contribution in [2.45, 2.75) is 13.3 Å². The minimum absolute atomic E-state index is 0.153. The quantitative estimate of drug-likeness (QED) is 0.886. The summed E-state index contributed by atoms with van der Waals surface area (Å²) >= 11 is 3.43. The van der Waals surface area contributed by atoms with Crippen molar-refractivity contribution in [1.82, 2.24) is 0 Å². The largest absolute Gasteiger partial charge is 0.320 e. The van der Waals surface area contributed by atoms with Crippen LogP contribution in [0.1, 0.15) is 18.1 Å². The van der Waals surface area contributed by atoms with Gasteiger partial charge < -0.3 is 5.32 Å². The summed E-state index contributed by atoms with van der Waals surface area (Å²) in [6.07, 6.45) is 0.951. The molecule has 4 heteroatoms. The van der Waals surface area contributed by atoms with E-state index >= 15 is 0 Å². The number of hydrogen-bond acceptors (Lipinski definition) is 2. The molecule has 0 unspecified atom stereocenters. The molecular weight excluding hydrogens is 316 g/mol. The van der Waals surface area contributed by atoms with Gasteiger partial charge in [0.25, 0.3) is 5.91 Å². The molecule has 1 aliphatic heterocycles. The number of nitrogens with zero attached hydrogens (tertiary/aromatic N) is 1. The lowest BCUT2D eigenvalue weighted by Gasteiger charge is -2.01. The Labute approximate surface area is 125 Å². The molecule has 1 amide bonds. The van der Waals surface area contributed by atoms with Crippen molar-refractivity contribution in [2.24, 2.45) is 4.99 Å². The van der Waals surface area contributed by atoms with Gasteiger partial charge in [-0.1, -0.05) is 35.0 Å². The van der Waals surface area contributed by atoms with Gasteiger partial charge in [0.2, 0.25) is 0 Å². The number of nitrogens with one attached hydrogen (secondary N) is 1. The lowest BCUT2D eigenvalue weighted by Crippen LogP contribution is -2.13. The minimum atomic E-state index is -0.153. The Kier molecular flexibility index (Phi) is 3.40. The molecule has 100 valence electrons. The molecule has 0 atom stereocenters. The second kappa shape index (κ2) is 5.21. The smallest absolute Gasteiger partial charge is 0.275 e. The summed E-state index contributed by atoms with van der Waals surface area (Å²) in [5.41, 5.74) is 4.13. The molecule has 0 spiro atoms. The van der Waals surface area contributed by atoms with E-state index in [2.05, 4.69) is 39.2 Å². The average Bonchev–Trinajstić information content (AvgIpc) is 2.75. The number of carbonyl (C=O) groups excluding carboxylic acids is 1. The Balaban J connectivity index is 2.08. The zero-order chi connectivity index (χ0) is 14.1. The molecule has 20 heavy (non-hydrogen) atoms. The van der Waals surface area contributed by atoms with Crippen molar-refractivity contribution >= 4 is 38.9 Å². The molecule has 0 saturated carbocycles. The van der Waals surface area contributed by atoms with E-state index in [-0.39, 0.29) is 5.91 Å². The maximum Gasteiger partial charge on any atom is 0.275 e. The Morgan fingerprint density at radius 2 is 2.05 bits per heavy atom. The van der Waals surface area contributed by atoms with Crippen molar-refractivity contribution < 1.29 is 4.79 Å². The number of halogens is 1. The molecule has 3 rings (SSSR count). The van der Waals surface area contributed by atoms with Crippen LogP contribution in [0.3, 0.4) is 0 Å². The van der Waals surface area contributed by atoms with Crippen LogP contribution < -0.4 is 5.32 Å². The lowest BCUT2D eigenvalue weighted by molar-refractivity contribution is -0.110. The van der Waals surface area contributed by atoms with Crippen LogP contribution in [0.2, 0.25) is 0 Å². The summed E-state index contributed by atoms with van der Waals surface area (Å²) in [7, 11) is 0. The van der Waals surface area contributed by atoms with Gasteiger partial charge in [0.15, 0.2) is 0 Å². The van der Waals surface area contributed by atoms with Gasteiger partial charge in [0.1, 0.15) is 5.71 Å². The highest BCUT2D eigenvalue weighted by molar-refractivity contribution is 9.10. The average molecular weight is 329 g/mol. The molecule has 0 radical (unpaired) electrons. The number of aliphatic imine (C=N–C) groups is 1. The molecule has 3 nitrogen and oxygen atoms in total. The van der Waals surface area contributed by atoms with Crippen LogP contribution >= 0.6 is 15.9 Å². The summed E-state index contributed by atoms with van der Waals surface area (Å²) in [6.45, 7) is 2.10. The predicted molar refractivity (Wildman–Crippen MR) is 84.8 cm³/mol. The van der Waals surface area contributed by atoms with E-state index in [1.54, 1.807) is 0 Å². The highest BCUT2D eigenvalue weighted by atomic mass is 79.9. The van der Waals surface area contributed by atoms with Gasteiger partial charge >= 0.3 is 0 Å². The first-order valence-corrected chi connectivity index (χ1v) is 7.25. The van der Waals surface area contributed by atoms with Crippen LogP contribution in [0.4, 0.5) is 11.4 Å². The van der Waals surface area contributed by atoms with Crippen LogP contribution in [0.5, 0.6) is 0 Å². The van der Waals surface area contributed by atoms with Crippen LogP contribution in [-0.4, -0.2) is 11.6 Å².